The average molecular weight is 1110 g/mol. The summed E-state index contributed by atoms with van der Waals surface area (Å²) in [7, 11) is 0. The molecule has 2 unspecified atom stereocenters. The van der Waals surface area contributed by atoms with Crippen LogP contribution in [0.1, 0.15) is 380 Å². The second-order valence-electron chi connectivity index (χ2n) is 24.2. The van der Waals surface area contributed by atoms with Crippen LogP contribution in [0.15, 0.2) is 48.6 Å². The molecule has 0 spiro atoms. The SMILES string of the molecule is CCCCCCCCC/C=C\CCCCCCCC(=O)OCCCCCCCCCCCCCCC/C=C\C/C=C\CCCCCCCCCCCCCCCCCCCC(=O)NC(CO)C(O)/C=C/CCCCCCCCC. The van der Waals surface area contributed by atoms with Crippen molar-refractivity contribution < 1.29 is 24.5 Å². The van der Waals surface area contributed by atoms with Gasteiger partial charge in [0.1, 0.15) is 0 Å². The van der Waals surface area contributed by atoms with Crippen LogP contribution in [0.25, 0.3) is 0 Å². The zero-order valence-electron chi connectivity index (χ0n) is 53.1. The highest BCUT2D eigenvalue weighted by Crippen LogP contribution is 2.18. The van der Waals surface area contributed by atoms with E-state index in [9.17, 15) is 19.8 Å². The van der Waals surface area contributed by atoms with E-state index >= 15 is 0 Å². The van der Waals surface area contributed by atoms with Gasteiger partial charge in [-0.15, -0.1) is 0 Å². The van der Waals surface area contributed by atoms with E-state index in [-0.39, 0.29) is 18.5 Å². The Labute approximate surface area is 493 Å². The third-order valence-electron chi connectivity index (χ3n) is 16.3. The third kappa shape index (κ3) is 64.8. The lowest BCUT2D eigenvalue weighted by Crippen LogP contribution is -2.45. The predicted octanol–water partition coefficient (Wildman–Crippen LogP) is 22.9. The van der Waals surface area contributed by atoms with E-state index in [1.54, 1.807) is 6.08 Å². The van der Waals surface area contributed by atoms with Crippen LogP contribution >= 0.6 is 0 Å². The molecule has 0 saturated carbocycles. The Hall–Kier alpha value is -2.18. The maximum Gasteiger partial charge on any atom is 0.305 e. The summed E-state index contributed by atoms with van der Waals surface area (Å²) in [4.78, 5) is 24.5. The molecule has 6 nitrogen and oxygen atoms in total. The second kappa shape index (κ2) is 68.3. The van der Waals surface area contributed by atoms with E-state index in [2.05, 4.69) is 55.6 Å². The fourth-order valence-electron chi connectivity index (χ4n) is 10.9. The molecule has 0 aliphatic heterocycles. The van der Waals surface area contributed by atoms with E-state index in [1.165, 1.54) is 302 Å². The van der Waals surface area contributed by atoms with Crippen molar-refractivity contribution in [3.8, 4) is 0 Å². The van der Waals surface area contributed by atoms with Gasteiger partial charge in [-0.2, -0.15) is 0 Å². The normalized spacial score (nSPS) is 12.8. The maximum absolute atomic E-state index is 12.4. The van der Waals surface area contributed by atoms with Crippen molar-refractivity contribution in [2.24, 2.45) is 0 Å². The van der Waals surface area contributed by atoms with Gasteiger partial charge >= 0.3 is 5.97 Å². The highest BCUT2D eigenvalue weighted by atomic mass is 16.5. The van der Waals surface area contributed by atoms with Gasteiger partial charge in [-0.3, -0.25) is 9.59 Å². The molecule has 0 aliphatic carbocycles. The van der Waals surface area contributed by atoms with E-state index in [0.717, 1.165) is 51.4 Å². The number of rotatable bonds is 66. The quantitative estimate of drug-likeness (QED) is 0.0320. The molecule has 79 heavy (non-hydrogen) atoms. The lowest BCUT2D eigenvalue weighted by molar-refractivity contribution is -0.143. The number of aliphatic hydroxyl groups excluding tert-OH is 2. The van der Waals surface area contributed by atoms with E-state index in [4.69, 9.17) is 4.74 Å². The first kappa shape index (κ1) is 76.8. The molecular weight excluding hydrogens is 971 g/mol. The number of hydrogen-bond donors (Lipinski definition) is 3. The fraction of sp³-hybridized carbons (Fsp3) is 0.863. The smallest absolute Gasteiger partial charge is 0.305 e. The van der Waals surface area contributed by atoms with Crippen LogP contribution in [0.2, 0.25) is 0 Å². The summed E-state index contributed by atoms with van der Waals surface area (Å²) >= 11 is 0. The van der Waals surface area contributed by atoms with E-state index < -0.39 is 12.1 Å². The molecular formula is C73H137NO5. The van der Waals surface area contributed by atoms with Crippen molar-refractivity contribution in [2.75, 3.05) is 13.2 Å². The van der Waals surface area contributed by atoms with Gasteiger partial charge < -0.3 is 20.3 Å². The molecule has 0 heterocycles. The molecule has 0 aliphatic rings. The number of aliphatic hydroxyl groups is 2. The van der Waals surface area contributed by atoms with Gasteiger partial charge in [-0.05, 0) is 89.9 Å². The molecule has 0 rings (SSSR count). The average Bonchev–Trinajstić information content (AvgIpc) is 3.45. The van der Waals surface area contributed by atoms with Crippen LogP contribution in [-0.4, -0.2) is 47.4 Å². The largest absolute Gasteiger partial charge is 0.466 e. The molecule has 0 saturated heterocycles. The Morgan fingerprint density at radius 1 is 0.354 bits per heavy atom. The molecule has 2 atom stereocenters. The summed E-state index contributed by atoms with van der Waals surface area (Å²) in [6.45, 7) is 4.89. The Balaban J connectivity index is 3.34. The van der Waals surface area contributed by atoms with Crippen molar-refractivity contribution in [3.05, 3.63) is 48.6 Å². The molecule has 3 N–H and O–H groups in total. The van der Waals surface area contributed by atoms with Crippen molar-refractivity contribution in [2.45, 2.75) is 392 Å². The summed E-state index contributed by atoms with van der Waals surface area (Å²) in [5, 5.41) is 23.0. The van der Waals surface area contributed by atoms with Gasteiger partial charge in [0.15, 0.2) is 0 Å². The summed E-state index contributed by atoms with van der Waals surface area (Å²) in [5.74, 6) is -0.0560. The van der Waals surface area contributed by atoms with Crippen LogP contribution in [-0.2, 0) is 14.3 Å². The zero-order chi connectivity index (χ0) is 57.1. The van der Waals surface area contributed by atoms with Gasteiger partial charge in [0.2, 0.25) is 5.91 Å². The van der Waals surface area contributed by atoms with Gasteiger partial charge in [-0.25, -0.2) is 0 Å². The first-order chi connectivity index (χ1) is 39.0. The fourth-order valence-corrected chi connectivity index (χ4v) is 10.9. The first-order valence-electron chi connectivity index (χ1n) is 35.4. The topological polar surface area (TPSA) is 95.9 Å². The molecule has 1 amide bonds. The van der Waals surface area contributed by atoms with Gasteiger partial charge in [0.05, 0.1) is 25.4 Å². The summed E-state index contributed by atoms with van der Waals surface area (Å²) in [5.41, 5.74) is 0. The van der Waals surface area contributed by atoms with Crippen molar-refractivity contribution in [3.63, 3.8) is 0 Å². The molecule has 0 aromatic carbocycles. The number of carbonyl (C=O) groups excluding carboxylic acids is 2. The van der Waals surface area contributed by atoms with Gasteiger partial charge in [0, 0.05) is 12.8 Å². The Morgan fingerprint density at radius 3 is 0.975 bits per heavy atom. The van der Waals surface area contributed by atoms with Crippen LogP contribution in [0.4, 0.5) is 0 Å². The van der Waals surface area contributed by atoms with Crippen LogP contribution < -0.4 is 5.32 Å². The standard InChI is InChI=1S/C73H137NO5/c1-3-5-7-9-11-13-14-15-16-41-44-47-51-55-59-63-67-73(78)79-68-64-60-56-52-48-45-42-39-37-35-33-31-29-27-25-23-21-19-17-18-20-22-24-26-28-30-32-34-36-38-40-43-46-50-54-58-62-66-72(77)74-70(69-75)71(76)65-61-57-53-49-12-10-8-6-4-2/h16-17,19,23,25,41,61,65,70-71,75-76H,3-15,18,20-22,24,26-40,42-60,62-64,66-69H2,1-2H3,(H,74,77)/b19-17-,25-23-,41-16-,65-61+. The highest BCUT2D eigenvalue weighted by Gasteiger charge is 2.18. The van der Waals surface area contributed by atoms with Crippen LogP contribution in [0.5, 0.6) is 0 Å². The maximum atomic E-state index is 12.4. The number of allylic oxidation sites excluding steroid dienone is 7. The summed E-state index contributed by atoms with van der Waals surface area (Å²) < 4.78 is 5.50. The van der Waals surface area contributed by atoms with E-state index in [1.807, 2.05) is 6.08 Å². The zero-order valence-corrected chi connectivity index (χ0v) is 53.1. The molecule has 6 heteroatoms. The number of carbonyl (C=O) groups is 2. The number of unbranched alkanes of at least 4 members (excludes halogenated alkanes) is 49. The minimum Gasteiger partial charge on any atom is -0.466 e. The molecule has 0 bridgehead atoms. The minimum atomic E-state index is -0.840. The second-order valence-corrected chi connectivity index (χ2v) is 24.2. The Bertz CT molecular complexity index is 1320. The molecule has 0 radical (unpaired) electrons. The highest BCUT2D eigenvalue weighted by molar-refractivity contribution is 5.76. The molecule has 464 valence electrons. The number of nitrogens with one attached hydrogen (secondary N) is 1. The Morgan fingerprint density at radius 2 is 0.633 bits per heavy atom. The Kier molecular flexibility index (Phi) is 66.4. The molecule has 0 fully saturated rings. The monoisotopic (exact) mass is 1110 g/mol. The van der Waals surface area contributed by atoms with Crippen molar-refractivity contribution in [1.82, 2.24) is 5.32 Å². The number of amides is 1. The molecule has 0 aromatic rings. The predicted molar refractivity (Wildman–Crippen MR) is 347 cm³/mol. The third-order valence-corrected chi connectivity index (χ3v) is 16.3. The van der Waals surface area contributed by atoms with E-state index in [0.29, 0.717) is 19.4 Å². The lowest BCUT2D eigenvalue weighted by atomic mass is 10.0. The van der Waals surface area contributed by atoms with Gasteiger partial charge in [0.25, 0.3) is 0 Å². The summed E-state index contributed by atoms with van der Waals surface area (Å²) in [6.07, 6.45) is 89.3. The van der Waals surface area contributed by atoms with Crippen molar-refractivity contribution in [1.29, 1.82) is 0 Å². The first-order valence-corrected chi connectivity index (χ1v) is 35.4. The lowest BCUT2D eigenvalue weighted by Gasteiger charge is -2.20. The summed E-state index contributed by atoms with van der Waals surface area (Å²) in [6, 6.07) is -0.624. The van der Waals surface area contributed by atoms with Crippen LogP contribution in [0.3, 0.4) is 0 Å². The minimum absolute atomic E-state index is 0.0112. The number of hydrogen-bond acceptors (Lipinski definition) is 5. The number of ether oxygens (including phenoxy) is 1. The number of esters is 1. The molecule has 0 aromatic heterocycles. The van der Waals surface area contributed by atoms with Crippen LogP contribution in [0, 0.1) is 0 Å². The van der Waals surface area contributed by atoms with Gasteiger partial charge in [-0.1, -0.05) is 326 Å². The van der Waals surface area contributed by atoms with Crippen molar-refractivity contribution >= 4 is 11.9 Å².